The molecule has 0 aliphatic carbocycles. The molecule has 130 valence electrons. The molecule has 1 aliphatic heterocycles. The van der Waals surface area contributed by atoms with Crippen molar-refractivity contribution in [1.29, 1.82) is 0 Å². The number of aromatic nitrogens is 4. The van der Waals surface area contributed by atoms with E-state index in [4.69, 9.17) is 0 Å². The van der Waals surface area contributed by atoms with Crippen LogP contribution in [-0.4, -0.2) is 44.4 Å². The number of nitrogens with one attached hydrogen (secondary N) is 1. The van der Waals surface area contributed by atoms with Crippen LogP contribution in [0.3, 0.4) is 0 Å². The van der Waals surface area contributed by atoms with Crippen molar-refractivity contribution >= 4 is 22.8 Å². The molecule has 0 radical (unpaired) electrons. The first-order chi connectivity index (χ1) is 12.1. The number of nitrogens with zero attached hydrogens (tertiary/aromatic N) is 5. The van der Waals surface area contributed by atoms with E-state index in [1.165, 1.54) is 0 Å². The maximum Gasteiger partial charge on any atom is 0.240 e. The Kier molecular flexibility index (Phi) is 3.91. The average Bonchev–Trinajstić information content (AvgIpc) is 3.28. The molecule has 1 amide bonds. The first-order valence-electron chi connectivity index (χ1n) is 8.56. The number of fused-ring (bicyclic) bond motifs is 1. The molecule has 1 aliphatic rings. The van der Waals surface area contributed by atoms with Crippen LogP contribution in [0.25, 0.3) is 11.0 Å². The summed E-state index contributed by atoms with van der Waals surface area (Å²) in [6.45, 7) is 3.94. The zero-order chi connectivity index (χ0) is 17.4. The first kappa shape index (κ1) is 15.7. The van der Waals surface area contributed by atoms with E-state index in [1.807, 2.05) is 55.1 Å². The summed E-state index contributed by atoms with van der Waals surface area (Å²) in [6, 6.07) is 10.1. The van der Waals surface area contributed by atoms with Crippen molar-refractivity contribution in [1.82, 2.24) is 24.6 Å². The molecule has 7 heteroatoms. The lowest BCUT2D eigenvalue weighted by Crippen LogP contribution is -2.39. The minimum absolute atomic E-state index is 0.0270. The van der Waals surface area contributed by atoms with Gasteiger partial charge in [0, 0.05) is 38.4 Å². The molecule has 1 aromatic carbocycles. The Morgan fingerprint density at radius 2 is 2.16 bits per heavy atom. The summed E-state index contributed by atoms with van der Waals surface area (Å²) in [7, 11) is 1.91. The molecule has 3 aromatic rings. The number of rotatable bonds is 4. The zero-order valence-electron chi connectivity index (χ0n) is 14.5. The molecular formula is C18H22N6O. The molecule has 0 spiro atoms. The van der Waals surface area contributed by atoms with Gasteiger partial charge >= 0.3 is 0 Å². The van der Waals surface area contributed by atoms with Crippen molar-refractivity contribution in [3.05, 3.63) is 42.4 Å². The molecule has 0 saturated carbocycles. The van der Waals surface area contributed by atoms with Crippen LogP contribution in [0.5, 0.6) is 0 Å². The Balaban J connectivity index is 1.40. The van der Waals surface area contributed by atoms with E-state index in [1.54, 1.807) is 4.68 Å². The number of aryl methyl sites for hydroxylation is 2. The fraction of sp³-hybridized carbons (Fsp3) is 0.389. The van der Waals surface area contributed by atoms with Crippen LogP contribution < -0.4 is 10.2 Å². The largest absolute Gasteiger partial charge is 0.353 e. The standard InChI is InChI=1S/C18H22N6O/c1-13-19-15-5-3-4-6-16(15)24(13)12-18(25)20-14-7-10-23(11-14)17-8-9-22(2)21-17/h3-6,8-9,14H,7,10-12H2,1-2H3,(H,20,25). The second-order valence-corrected chi connectivity index (χ2v) is 6.58. The van der Waals surface area contributed by atoms with E-state index in [-0.39, 0.29) is 11.9 Å². The summed E-state index contributed by atoms with van der Waals surface area (Å²) in [6.07, 6.45) is 2.88. The fourth-order valence-electron chi connectivity index (χ4n) is 3.47. The number of benzene rings is 1. The highest BCUT2D eigenvalue weighted by Crippen LogP contribution is 2.18. The summed E-state index contributed by atoms with van der Waals surface area (Å²) in [4.78, 5) is 19.2. The van der Waals surface area contributed by atoms with Gasteiger partial charge in [0.05, 0.1) is 11.0 Å². The van der Waals surface area contributed by atoms with Crippen LogP contribution in [0.15, 0.2) is 36.5 Å². The lowest BCUT2D eigenvalue weighted by Gasteiger charge is -2.16. The molecule has 25 heavy (non-hydrogen) atoms. The number of anilines is 1. The van der Waals surface area contributed by atoms with Gasteiger partial charge in [-0.15, -0.1) is 0 Å². The molecule has 3 heterocycles. The highest BCUT2D eigenvalue weighted by Gasteiger charge is 2.25. The number of imidazole rings is 1. The van der Waals surface area contributed by atoms with Crippen LogP contribution in [0.4, 0.5) is 5.82 Å². The molecule has 7 nitrogen and oxygen atoms in total. The third-order valence-electron chi connectivity index (χ3n) is 4.72. The van der Waals surface area contributed by atoms with Gasteiger partial charge < -0.3 is 14.8 Å². The third-order valence-corrected chi connectivity index (χ3v) is 4.72. The van der Waals surface area contributed by atoms with Crippen molar-refractivity contribution in [2.75, 3.05) is 18.0 Å². The van der Waals surface area contributed by atoms with E-state index < -0.39 is 0 Å². The summed E-state index contributed by atoms with van der Waals surface area (Å²) >= 11 is 0. The lowest BCUT2D eigenvalue weighted by atomic mass is 10.2. The van der Waals surface area contributed by atoms with E-state index in [9.17, 15) is 4.79 Å². The van der Waals surface area contributed by atoms with Gasteiger partial charge in [-0.3, -0.25) is 9.48 Å². The van der Waals surface area contributed by atoms with Gasteiger partial charge in [0.25, 0.3) is 0 Å². The van der Waals surface area contributed by atoms with Gasteiger partial charge in [0.15, 0.2) is 5.82 Å². The SMILES string of the molecule is Cc1nc2ccccc2n1CC(=O)NC1CCN(c2ccn(C)n2)C1. The highest BCUT2D eigenvalue weighted by atomic mass is 16.2. The molecule has 0 bridgehead atoms. The molecule has 1 unspecified atom stereocenters. The van der Waals surface area contributed by atoms with E-state index in [0.29, 0.717) is 6.54 Å². The van der Waals surface area contributed by atoms with Crippen LogP contribution >= 0.6 is 0 Å². The maximum atomic E-state index is 12.5. The van der Waals surface area contributed by atoms with E-state index in [0.717, 1.165) is 42.2 Å². The van der Waals surface area contributed by atoms with Crippen molar-refractivity contribution in [3.63, 3.8) is 0 Å². The third kappa shape index (κ3) is 3.09. The number of carbonyl (C=O) groups is 1. The van der Waals surface area contributed by atoms with Crippen molar-refractivity contribution < 1.29 is 4.79 Å². The molecule has 4 rings (SSSR count). The molecule has 1 saturated heterocycles. The second-order valence-electron chi connectivity index (χ2n) is 6.58. The van der Waals surface area contributed by atoms with Gasteiger partial charge in [0.1, 0.15) is 12.4 Å². The smallest absolute Gasteiger partial charge is 0.240 e. The van der Waals surface area contributed by atoms with Crippen molar-refractivity contribution in [3.8, 4) is 0 Å². The summed E-state index contributed by atoms with van der Waals surface area (Å²) in [5.74, 6) is 1.85. The molecule has 1 atom stereocenters. The molecular weight excluding hydrogens is 316 g/mol. The van der Waals surface area contributed by atoms with Crippen LogP contribution in [0.2, 0.25) is 0 Å². The minimum Gasteiger partial charge on any atom is -0.353 e. The quantitative estimate of drug-likeness (QED) is 0.782. The lowest BCUT2D eigenvalue weighted by molar-refractivity contribution is -0.122. The van der Waals surface area contributed by atoms with Gasteiger partial charge in [-0.1, -0.05) is 12.1 Å². The Morgan fingerprint density at radius 3 is 2.96 bits per heavy atom. The maximum absolute atomic E-state index is 12.5. The van der Waals surface area contributed by atoms with E-state index >= 15 is 0 Å². The Labute approximate surface area is 146 Å². The van der Waals surface area contributed by atoms with Gasteiger partial charge in [-0.2, -0.15) is 5.10 Å². The number of amides is 1. The molecule has 1 N–H and O–H groups in total. The average molecular weight is 338 g/mol. The van der Waals surface area contributed by atoms with Crippen molar-refractivity contribution in [2.45, 2.75) is 25.9 Å². The normalized spacial score (nSPS) is 17.4. The zero-order valence-corrected chi connectivity index (χ0v) is 14.5. The number of carbonyl (C=O) groups excluding carboxylic acids is 1. The summed E-state index contributed by atoms with van der Waals surface area (Å²) in [5, 5.41) is 7.58. The summed E-state index contributed by atoms with van der Waals surface area (Å²) in [5.41, 5.74) is 1.92. The fourth-order valence-corrected chi connectivity index (χ4v) is 3.47. The van der Waals surface area contributed by atoms with E-state index in [2.05, 4.69) is 20.3 Å². The minimum atomic E-state index is 0.0270. The van der Waals surface area contributed by atoms with Gasteiger partial charge in [0.2, 0.25) is 5.91 Å². The first-order valence-corrected chi connectivity index (χ1v) is 8.56. The van der Waals surface area contributed by atoms with Crippen LogP contribution in [-0.2, 0) is 18.4 Å². The number of para-hydroxylation sites is 2. The number of hydrogen-bond donors (Lipinski definition) is 1. The topological polar surface area (TPSA) is 68.0 Å². The second kappa shape index (κ2) is 6.23. The Bertz CT molecular complexity index is 911. The monoisotopic (exact) mass is 338 g/mol. The highest BCUT2D eigenvalue weighted by molar-refractivity contribution is 5.81. The Hall–Kier alpha value is -2.83. The van der Waals surface area contributed by atoms with Crippen molar-refractivity contribution in [2.24, 2.45) is 7.05 Å². The Morgan fingerprint density at radius 1 is 1.32 bits per heavy atom. The predicted molar refractivity (Wildman–Crippen MR) is 96.4 cm³/mol. The summed E-state index contributed by atoms with van der Waals surface area (Å²) < 4.78 is 3.77. The number of hydrogen-bond acceptors (Lipinski definition) is 4. The van der Waals surface area contributed by atoms with Crippen LogP contribution in [0, 0.1) is 6.92 Å². The molecule has 2 aromatic heterocycles. The van der Waals surface area contributed by atoms with Gasteiger partial charge in [-0.05, 0) is 25.5 Å². The van der Waals surface area contributed by atoms with Gasteiger partial charge in [-0.25, -0.2) is 4.98 Å². The predicted octanol–water partition coefficient (Wildman–Crippen LogP) is 1.47. The van der Waals surface area contributed by atoms with Crippen LogP contribution in [0.1, 0.15) is 12.2 Å². The molecule has 1 fully saturated rings.